The molecule has 11 heavy (non-hydrogen) atoms. The Labute approximate surface area is 76.2 Å². The molecule has 0 fully saturated rings. The van der Waals surface area contributed by atoms with Crippen molar-refractivity contribution in [2.24, 2.45) is 5.73 Å². The number of benzene rings is 1. The fourth-order valence-corrected chi connectivity index (χ4v) is 1.05. The molecule has 0 heterocycles. The predicted molar refractivity (Wildman–Crippen MR) is 52.1 cm³/mol. The van der Waals surface area contributed by atoms with E-state index in [0.717, 1.165) is 11.1 Å². The van der Waals surface area contributed by atoms with Gasteiger partial charge in [-0.1, -0.05) is 36.0 Å². The summed E-state index contributed by atoms with van der Waals surface area (Å²) in [5.41, 5.74) is 7.25. The number of nitrogens with two attached hydrogens (primary N) is 1. The summed E-state index contributed by atoms with van der Waals surface area (Å²) in [5, 5.41) is 0.704. The molecule has 1 rings (SSSR count). The molecule has 0 atom stereocenters. The number of hydrogen-bond donors (Lipinski definition) is 1. The zero-order valence-electron chi connectivity index (χ0n) is 6.10. The van der Waals surface area contributed by atoms with Crippen molar-refractivity contribution < 1.29 is 0 Å². The van der Waals surface area contributed by atoms with Crippen molar-refractivity contribution in [3.05, 3.63) is 34.3 Å². The van der Waals surface area contributed by atoms with Crippen LogP contribution in [0, 0.1) is 6.92 Å². The number of rotatable bonds is 1. The Morgan fingerprint density at radius 3 is 2.64 bits per heavy atom. The third kappa shape index (κ3) is 1.91. The minimum atomic E-state index is 0.381. The largest absolute Gasteiger partial charge is 0.389 e. The molecule has 2 N–H and O–H groups in total. The normalized spacial score (nSPS) is 9.64. The summed E-state index contributed by atoms with van der Waals surface area (Å²) >= 11 is 10.6. The molecular weight excluding hydrogens is 178 g/mol. The van der Waals surface area contributed by atoms with Gasteiger partial charge in [0, 0.05) is 10.6 Å². The molecule has 0 saturated carbocycles. The summed E-state index contributed by atoms with van der Waals surface area (Å²) < 4.78 is 0. The van der Waals surface area contributed by atoms with Gasteiger partial charge < -0.3 is 5.73 Å². The van der Waals surface area contributed by atoms with Crippen LogP contribution in [-0.4, -0.2) is 4.99 Å². The molecule has 0 unspecified atom stereocenters. The first-order valence-electron chi connectivity index (χ1n) is 3.17. The van der Waals surface area contributed by atoms with E-state index >= 15 is 0 Å². The molecule has 0 saturated heterocycles. The molecule has 0 aromatic heterocycles. The van der Waals surface area contributed by atoms with Crippen molar-refractivity contribution in [1.82, 2.24) is 0 Å². The van der Waals surface area contributed by atoms with Crippen LogP contribution in [0.3, 0.4) is 0 Å². The Kier molecular flexibility index (Phi) is 2.47. The van der Waals surface area contributed by atoms with E-state index in [1.54, 1.807) is 6.07 Å². The van der Waals surface area contributed by atoms with Gasteiger partial charge in [-0.3, -0.25) is 0 Å². The lowest BCUT2D eigenvalue weighted by atomic mass is 10.1. The van der Waals surface area contributed by atoms with E-state index in [0.29, 0.717) is 10.0 Å². The predicted octanol–water partition coefficient (Wildman–Crippen LogP) is 2.28. The average Bonchev–Trinajstić information content (AvgIpc) is 1.94. The molecule has 1 aromatic carbocycles. The third-order valence-electron chi connectivity index (χ3n) is 1.46. The zero-order valence-corrected chi connectivity index (χ0v) is 7.67. The van der Waals surface area contributed by atoms with E-state index in [4.69, 9.17) is 29.6 Å². The summed E-state index contributed by atoms with van der Waals surface area (Å²) in [4.78, 5) is 0.381. The van der Waals surface area contributed by atoms with Crippen molar-refractivity contribution in [3.63, 3.8) is 0 Å². The smallest absolute Gasteiger partial charge is 0.104 e. The van der Waals surface area contributed by atoms with Crippen molar-refractivity contribution in [2.45, 2.75) is 6.92 Å². The first-order chi connectivity index (χ1) is 5.11. The number of thiocarbonyl (C=S) groups is 1. The highest BCUT2D eigenvalue weighted by atomic mass is 35.5. The average molecular weight is 186 g/mol. The molecule has 0 aliphatic carbocycles. The summed E-state index contributed by atoms with van der Waals surface area (Å²) in [6.45, 7) is 1.94. The first kappa shape index (κ1) is 8.50. The van der Waals surface area contributed by atoms with Gasteiger partial charge in [0.25, 0.3) is 0 Å². The minimum Gasteiger partial charge on any atom is -0.389 e. The third-order valence-corrected chi connectivity index (χ3v) is 2.10. The molecule has 0 aliphatic rings. The number of aryl methyl sites for hydroxylation is 1. The van der Waals surface area contributed by atoms with Crippen LogP contribution in [0.2, 0.25) is 5.02 Å². The molecule has 58 valence electrons. The second kappa shape index (κ2) is 3.20. The standard InChI is InChI=1S/C8H8ClNS/c1-5-2-3-6(8(10)11)4-7(5)9/h2-4H,1H3,(H2,10,11). The van der Waals surface area contributed by atoms with Crippen LogP contribution in [0.1, 0.15) is 11.1 Å². The van der Waals surface area contributed by atoms with Crippen molar-refractivity contribution >= 4 is 28.8 Å². The van der Waals surface area contributed by atoms with Crippen LogP contribution in [0.25, 0.3) is 0 Å². The van der Waals surface area contributed by atoms with E-state index in [2.05, 4.69) is 0 Å². The highest BCUT2D eigenvalue weighted by Gasteiger charge is 1.98. The fourth-order valence-electron chi connectivity index (χ4n) is 0.746. The lowest BCUT2D eigenvalue weighted by Crippen LogP contribution is -2.08. The highest BCUT2D eigenvalue weighted by molar-refractivity contribution is 7.80. The first-order valence-corrected chi connectivity index (χ1v) is 3.96. The van der Waals surface area contributed by atoms with Gasteiger partial charge in [-0.25, -0.2) is 0 Å². The van der Waals surface area contributed by atoms with Gasteiger partial charge in [-0.2, -0.15) is 0 Å². The SMILES string of the molecule is Cc1ccc(C(N)=S)cc1Cl. The minimum absolute atomic E-state index is 0.381. The van der Waals surface area contributed by atoms with Crippen molar-refractivity contribution in [1.29, 1.82) is 0 Å². The highest BCUT2D eigenvalue weighted by Crippen LogP contribution is 2.16. The van der Waals surface area contributed by atoms with E-state index in [1.807, 2.05) is 19.1 Å². The van der Waals surface area contributed by atoms with Crippen molar-refractivity contribution in [3.8, 4) is 0 Å². The molecule has 3 heteroatoms. The van der Waals surface area contributed by atoms with Gasteiger partial charge in [-0.15, -0.1) is 0 Å². The maximum Gasteiger partial charge on any atom is 0.104 e. The fraction of sp³-hybridized carbons (Fsp3) is 0.125. The van der Waals surface area contributed by atoms with E-state index in [1.165, 1.54) is 0 Å². The topological polar surface area (TPSA) is 26.0 Å². The summed E-state index contributed by atoms with van der Waals surface area (Å²) in [6.07, 6.45) is 0. The van der Waals surface area contributed by atoms with Gasteiger partial charge in [0.15, 0.2) is 0 Å². The Bertz CT molecular complexity index is 296. The Balaban J connectivity index is 3.15. The van der Waals surface area contributed by atoms with E-state index in [-0.39, 0.29) is 0 Å². The molecule has 0 amide bonds. The summed E-state index contributed by atoms with van der Waals surface area (Å²) in [5.74, 6) is 0. The van der Waals surface area contributed by atoms with Crippen LogP contribution < -0.4 is 5.73 Å². The Morgan fingerprint density at radius 1 is 1.55 bits per heavy atom. The lowest BCUT2D eigenvalue weighted by molar-refractivity contribution is 1.46. The number of hydrogen-bond acceptors (Lipinski definition) is 1. The second-order valence-electron chi connectivity index (χ2n) is 2.33. The van der Waals surface area contributed by atoms with E-state index in [9.17, 15) is 0 Å². The van der Waals surface area contributed by atoms with Gasteiger partial charge in [0.05, 0.1) is 0 Å². The quantitative estimate of drug-likeness (QED) is 0.680. The molecule has 1 aromatic rings. The summed E-state index contributed by atoms with van der Waals surface area (Å²) in [7, 11) is 0. The molecule has 0 bridgehead atoms. The molecular formula is C8H8ClNS. The van der Waals surface area contributed by atoms with Crippen LogP contribution in [-0.2, 0) is 0 Å². The van der Waals surface area contributed by atoms with Crippen LogP contribution >= 0.6 is 23.8 Å². The van der Waals surface area contributed by atoms with Gasteiger partial charge in [-0.05, 0) is 18.6 Å². The number of halogens is 1. The maximum atomic E-state index is 5.84. The van der Waals surface area contributed by atoms with Gasteiger partial charge in [0.1, 0.15) is 4.99 Å². The molecule has 1 nitrogen and oxygen atoms in total. The Morgan fingerprint density at radius 2 is 2.18 bits per heavy atom. The van der Waals surface area contributed by atoms with Crippen LogP contribution in [0.4, 0.5) is 0 Å². The monoisotopic (exact) mass is 185 g/mol. The van der Waals surface area contributed by atoms with Crippen LogP contribution in [0.5, 0.6) is 0 Å². The summed E-state index contributed by atoms with van der Waals surface area (Å²) in [6, 6.07) is 5.54. The van der Waals surface area contributed by atoms with E-state index < -0.39 is 0 Å². The Hall–Kier alpha value is -0.600. The molecule has 0 spiro atoms. The molecule has 0 aliphatic heterocycles. The second-order valence-corrected chi connectivity index (χ2v) is 3.18. The van der Waals surface area contributed by atoms with Crippen LogP contribution in [0.15, 0.2) is 18.2 Å². The van der Waals surface area contributed by atoms with Gasteiger partial charge >= 0.3 is 0 Å². The zero-order chi connectivity index (χ0) is 8.43. The van der Waals surface area contributed by atoms with Crippen molar-refractivity contribution in [2.75, 3.05) is 0 Å². The lowest BCUT2D eigenvalue weighted by Gasteiger charge is -2.00. The molecule has 0 radical (unpaired) electrons. The maximum absolute atomic E-state index is 5.84. The van der Waals surface area contributed by atoms with Gasteiger partial charge in [0.2, 0.25) is 0 Å².